The third-order valence-electron chi connectivity index (χ3n) is 11.7. The van der Waals surface area contributed by atoms with Gasteiger partial charge in [0.2, 0.25) is 11.8 Å². The van der Waals surface area contributed by atoms with Crippen molar-refractivity contribution >= 4 is 52.6 Å². The number of thiazole rings is 1. The van der Waals surface area contributed by atoms with E-state index in [1.54, 1.807) is 29.5 Å². The number of benzene rings is 1. The minimum atomic E-state index is -0.824. The second kappa shape index (κ2) is 30.9. The highest BCUT2D eigenvalue weighted by molar-refractivity contribution is 7.09. The van der Waals surface area contributed by atoms with Gasteiger partial charge in [-0.2, -0.15) is 9.59 Å². The fraction of sp³-hybridized carbons (Fsp3) is 0.674. The van der Waals surface area contributed by atoms with Crippen molar-refractivity contribution < 1.29 is 52.9 Å². The van der Waals surface area contributed by atoms with E-state index in [1.807, 2.05) is 41.7 Å². The fourth-order valence-corrected chi connectivity index (χ4v) is 8.73. The van der Waals surface area contributed by atoms with Gasteiger partial charge in [0.1, 0.15) is 16.5 Å². The van der Waals surface area contributed by atoms with Crippen LogP contribution in [0.2, 0.25) is 0 Å². The van der Waals surface area contributed by atoms with Crippen molar-refractivity contribution in [3.05, 3.63) is 50.3 Å². The molecule has 1 aromatic heterocycles. The van der Waals surface area contributed by atoms with Gasteiger partial charge in [-0.1, -0.05) is 65.1 Å². The Bertz CT molecular complexity index is 1930. The average molecular weight is 943 g/mol. The molecule has 2 aromatic rings. The van der Waals surface area contributed by atoms with E-state index < -0.39 is 23.9 Å². The number of rotatable bonds is 28. The number of anilines is 1. The lowest BCUT2D eigenvalue weighted by atomic mass is 9.83. The largest absolute Gasteiger partial charge is 0.506 e. The van der Waals surface area contributed by atoms with Crippen LogP contribution in [0.3, 0.4) is 0 Å². The molecular weight excluding hydrogens is 873 g/mol. The highest BCUT2D eigenvalue weighted by atomic mass is 32.1. The second-order valence-electron chi connectivity index (χ2n) is 16.9. The van der Waals surface area contributed by atoms with Gasteiger partial charge in [0.25, 0.3) is 5.91 Å². The van der Waals surface area contributed by atoms with Gasteiger partial charge in [-0.15, -0.1) is 11.3 Å². The summed E-state index contributed by atoms with van der Waals surface area (Å²) in [5, 5.41) is 21.8. The van der Waals surface area contributed by atoms with Gasteiger partial charge in [0.15, 0.2) is 11.9 Å². The molecule has 0 aliphatic carbocycles. The third kappa shape index (κ3) is 19.7. The van der Waals surface area contributed by atoms with Crippen molar-refractivity contribution in [2.75, 3.05) is 58.9 Å². The number of azide groups is 1. The Kier molecular flexibility index (Phi) is 26.6. The van der Waals surface area contributed by atoms with Crippen LogP contribution < -0.4 is 10.6 Å². The number of ketones is 1. The van der Waals surface area contributed by atoms with E-state index in [2.05, 4.69) is 30.5 Å². The highest BCUT2D eigenvalue weighted by Crippen LogP contribution is 2.33. The Hall–Kier alpha value is -5.23. The molecule has 0 saturated carbocycles. The molecule has 6 atom stereocenters. The average Bonchev–Trinajstić information content (AvgIpc) is 3.78. The second-order valence-corrected chi connectivity index (χ2v) is 17.8. The molecule has 19 nitrogen and oxygen atoms in total. The Labute approximate surface area is 392 Å². The van der Waals surface area contributed by atoms with Crippen molar-refractivity contribution in [3.63, 3.8) is 0 Å². The number of hydrogen-bond acceptors (Lipinski definition) is 15. The van der Waals surface area contributed by atoms with Crippen LogP contribution in [0, 0.1) is 17.8 Å². The Morgan fingerprint density at radius 3 is 2.41 bits per heavy atom. The predicted octanol–water partition coefficient (Wildman–Crippen LogP) is 6.66. The molecule has 0 radical (unpaired) electrons. The maximum atomic E-state index is 14.3. The molecule has 3 amide bonds. The van der Waals surface area contributed by atoms with E-state index in [9.17, 15) is 29.1 Å². The molecule has 3 rings (SSSR count). The van der Waals surface area contributed by atoms with Gasteiger partial charge in [0, 0.05) is 61.7 Å². The fourth-order valence-electron chi connectivity index (χ4n) is 7.89. The van der Waals surface area contributed by atoms with E-state index in [0.717, 1.165) is 44.2 Å². The van der Waals surface area contributed by atoms with Crippen molar-refractivity contribution in [2.45, 2.75) is 130 Å². The number of carbonyl (C=O) groups is 5. The Balaban J connectivity index is 0.00000485. The standard InChI is InChI=1S/C45H70N8O9S.CO2/c1-9-13-33(24-32-15-16-39(55)35(25-32)49-42(57)17-20-60-22-23-61-21-18-47-51-46)48-43(58)36-28-63-44(50-36)41(62-31(6)54)27-38(29(3)4)53(8)45(59)34(30(5)10-2)26-40(56)37-14-11-12-19-52(37)7;2-1-3/h15-16,25,28-30,33-34,37-38,41,55H,9-14,17-24,26-27H2,1-8H3,(H,48,58)(H,49,57);/t30-,33-,34-,37+,38+,41+;/m0./s1. The summed E-state index contributed by atoms with van der Waals surface area (Å²) in [4.78, 5) is 94.1. The molecule has 66 heavy (non-hydrogen) atoms. The zero-order chi connectivity index (χ0) is 49.2. The maximum Gasteiger partial charge on any atom is 0.373 e. The molecule has 366 valence electrons. The summed E-state index contributed by atoms with van der Waals surface area (Å²) in [5.41, 5.74) is 9.48. The number of likely N-dealkylation sites (tertiary alicyclic amines) is 1. The first-order valence-electron chi connectivity index (χ1n) is 22.7. The van der Waals surface area contributed by atoms with Crippen LogP contribution in [-0.2, 0) is 49.4 Å². The Morgan fingerprint density at radius 1 is 1.09 bits per heavy atom. The molecule has 3 N–H and O–H groups in total. The molecule has 1 aliphatic rings. The number of esters is 1. The summed E-state index contributed by atoms with van der Waals surface area (Å²) in [6.07, 6.45) is 5.35. The molecule has 1 fully saturated rings. The zero-order valence-electron chi connectivity index (χ0n) is 39.8. The van der Waals surface area contributed by atoms with Crippen molar-refractivity contribution in [2.24, 2.45) is 22.9 Å². The number of ether oxygens (including phenoxy) is 3. The van der Waals surface area contributed by atoms with E-state index in [0.29, 0.717) is 24.5 Å². The summed E-state index contributed by atoms with van der Waals surface area (Å²) in [6, 6.07) is 4.07. The molecule has 1 aliphatic heterocycles. The summed E-state index contributed by atoms with van der Waals surface area (Å²) in [6.45, 7) is 13.5. The number of amides is 3. The van der Waals surface area contributed by atoms with E-state index >= 15 is 0 Å². The number of Topliss-reactive ketones (excluding diaryl/α,β-unsaturated/α-hetero) is 1. The number of phenolic OH excluding ortho intramolecular Hbond substituents is 1. The first-order valence-corrected chi connectivity index (χ1v) is 23.6. The molecular formula is C46H70N8O11S. The molecule has 2 heterocycles. The van der Waals surface area contributed by atoms with Crippen LogP contribution in [0.15, 0.2) is 28.7 Å². The van der Waals surface area contributed by atoms with Crippen LogP contribution in [0.25, 0.3) is 10.4 Å². The van der Waals surface area contributed by atoms with Crippen LogP contribution in [0.1, 0.15) is 126 Å². The SMILES string of the molecule is CCC[C@@H](Cc1ccc(O)c(NC(=O)CCOCCOCCN=[N+]=[N-])c1)NC(=O)c1csc([C@@H](C[C@H](C(C)C)N(C)C(=O)[C@@H](CC(=O)[C@H]2CCCCN2C)[C@@H](C)CC)OC(C)=O)n1.O=C=O. The number of phenols is 1. The van der Waals surface area contributed by atoms with Gasteiger partial charge >= 0.3 is 12.1 Å². The first kappa shape index (κ1) is 56.9. The third-order valence-corrected chi connectivity index (χ3v) is 12.6. The topological polar surface area (TPSA) is 260 Å². The monoisotopic (exact) mass is 942 g/mol. The summed E-state index contributed by atoms with van der Waals surface area (Å²) in [7, 11) is 3.74. The van der Waals surface area contributed by atoms with E-state index in [1.165, 1.54) is 24.3 Å². The number of aromatic nitrogens is 1. The number of nitrogens with one attached hydrogen (secondary N) is 2. The van der Waals surface area contributed by atoms with Crippen molar-refractivity contribution in [3.8, 4) is 5.75 Å². The molecule has 0 unspecified atom stereocenters. The molecule has 1 saturated heterocycles. The summed E-state index contributed by atoms with van der Waals surface area (Å²) < 4.78 is 16.5. The number of hydrogen-bond donors (Lipinski definition) is 3. The number of nitrogens with zero attached hydrogens (tertiary/aromatic N) is 6. The van der Waals surface area contributed by atoms with Gasteiger partial charge in [0.05, 0.1) is 44.6 Å². The van der Waals surface area contributed by atoms with E-state index in [4.69, 9.17) is 29.3 Å². The Morgan fingerprint density at radius 2 is 1.79 bits per heavy atom. The van der Waals surface area contributed by atoms with Crippen molar-refractivity contribution in [1.82, 2.24) is 20.1 Å². The maximum absolute atomic E-state index is 14.3. The number of piperidine rings is 1. The van der Waals surface area contributed by atoms with Crippen LogP contribution in [-0.4, -0.2) is 127 Å². The van der Waals surface area contributed by atoms with Gasteiger partial charge in [-0.3, -0.25) is 28.9 Å². The normalized spacial score (nSPS) is 15.9. The molecule has 1 aromatic carbocycles. The predicted molar refractivity (Wildman–Crippen MR) is 247 cm³/mol. The van der Waals surface area contributed by atoms with Crippen molar-refractivity contribution in [1.29, 1.82) is 0 Å². The zero-order valence-corrected chi connectivity index (χ0v) is 40.6. The smallest absolute Gasteiger partial charge is 0.373 e. The summed E-state index contributed by atoms with van der Waals surface area (Å²) >= 11 is 1.21. The minimum Gasteiger partial charge on any atom is -0.506 e. The lowest BCUT2D eigenvalue weighted by Crippen LogP contribution is -2.48. The molecule has 0 bridgehead atoms. The van der Waals surface area contributed by atoms with Gasteiger partial charge in [-0.05, 0) is 74.3 Å². The number of carbonyl (C=O) groups excluding carboxylic acids is 7. The number of likely N-dealkylation sites (N-methyl/N-ethyl adjacent to an activating group) is 1. The molecule has 20 heteroatoms. The van der Waals surface area contributed by atoms with Crippen LogP contribution >= 0.6 is 11.3 Å². The summed E-state index contributed by atoms with van der Waals surface area (Å²) in [5.74, 6) is -1.89. The van der Waals surface area contributed by atoms with Gasteiger partial charge in [-0.25, -0.2) is 4.98 Å². The number of aromatic hydroxyl groups is 1. The highest BCUT2D eigenvalue weighted by Gasteiger charge is 2.37. The molecule has 0 spiro atoms. The lowest BCUT2D eigenvalue weighted by Gasteiger charge is -2.37. The van der Waals surface area contributed by atoms with E-state index in [-0.39, 0.29) is 116 Å². The minimum absolute atomic E-state index is 0.0131. The van der Waals surface area contributed by atoms with Crippen LogP contribution in [0.4, 0.5) is 5.69 Å². The quantitative estimate of drug-likeness (QED) is 0.0202. The lowest BCUT2D eigenvalue weighted by molar-refractivity contribution is -0.191. The first-order chi connectivity index (χ1) is 31.5. The van der Waals surface area contributed by atoms with Gasteiger partial charge < -0.3 is 34.9 Å². The van der Waals surface area contributed by atoms with Crippen LogP contribution in [0.5, 0.6) is 5.75 Å².